The van der Waals surface area contributed by atoms with Gasteiger partial charge in [0.25, 0.3) is 5.91 Å². The van der Waals surface area contributed by atoms with Crippen LogP contribution in [0.5, 0.6) is 0 Å². The molecule has 0 aliphatic heterocycles. The van der Waals surface area contributed by atoms with Gasteiger partial charge in [-0.3, -0.25) is 14.0 Å². The minimum atomic E-state index is -0.0925. The number of rotatable bonds is 7. The molecule has 0 radical (unpaired) electrons. The fourth-order valence-electron chi connectivity index (χ4n) is 2.76. The third-order valence-corrected chi connectivity index (χ3v) is 5.81. The number of anilines is 1. The number of hydrogen-bond acceptors (Lipinski definition) is 5. The molecule has 28 heavy (non-hydrogen) atoms. The van der Waals surface area contributed by atoms with Crippen LogP contribution in [0.1, 0.15) is 22.5 Å². The van der Waals surface area contributed by atoms with E-state index in [1.54, 1.807) is 17.4 Å². The first kappa shape index (κ1) is 18.4. The van der Waals surface area contributed by atoms with Crippen LogP contribution in [0.4, 0.5) is 5.69 Å². The minimum Gasteiger partial charge on any atom is -0.351 e. The number of carbonyl (C=O) groups excluding carboxylic acids is 2. The molecule has 2 amide bonds. The van der Waals surface area contributed by atoms with Gasteiger partial charge in [-0.15, -0.1) is 22.7 Å². The molecular weight excluding hydrogens is 392 g/mol. The number of amides is 2. The topological polar surface area (TPSA) is 75.5 Å². The second-order valence-corrected chi connectivity index (χ2v) is 8.00. The molecule has 4 aromatic rings. The van der Waals surface area contributed by atoms with Gasteiger partial charge in [-0.2, -0.15) is 0 Å². The van der Waals surface area contributed by atoms with Gasteiger partial charge < -0.3 is 10.6 Å². The summed E-state index contributed by atoms with van der Waals surface area (Å²) in [7, 11) is 0. The molecule has 0 aliphatic carbocycles. The van der Waals surface area contributed by atoms with Crippen molar-refractivity contribution in [3.05, 3.63) is 64.4 Å². The predicted octanol–water partition coefficient (Wildman–Crippen LogP) is 4.27. The lowest BCUT2D eigenvalue weighted by atomic mass is 10.1. The summed E-state index contributed by atoms with van der Waals surface area (Å²) in [4.78, 5) is 30.1. The van der Waals surface area contributed by atoms with Gasteiger partial charge in [0, 0.05) is 42.0 Å². The van der Waals surface area contributed by atoms with E-state index in [4.69, 9.17) is 0 Å². The summed E-state index contributed by atoms with van der Waals surface area (Å²) in [5.74, 6) is -0.161. The fourth-order valence-corrected chi connectivity index (χ4v) is 4.10. The Hall–Kier alpha value is -2.97. The maximum Gasteiger partial charge on any atom is 0.261 e. The van der Waals surface area contributed by atoms with E-state index in [0.29, 0.717) is 24.3 Å². The molecule has 8 heteroatoms. The van der Waals surface area contributed by atoms with Gasteiger partial charge in [0.1, 0.15) is 0 Å². The number of fused-ring (bicyclic) bond motifs is 1. The molecule has 1 aromatic carbocycles. The van der Waals surface area contributed by atoms with Crippen LogP contribution in [-0.4, -0.2) is 27.7 Å². The highest BCUT2D eigenvalue weighted by atomic mass is 32.1. The van der Waals surface area contributed by atoms with E-state index in [1.807, 2.05) is 57.9 Å². The Morgan fingerprint density at radius 3 is 2.68 bits per heavy atom. The number of carbonyl (C=O) groups is 2. The first-order valence-electron chi connectivity index (χ1n) is 8.83. The van der Waals surface area contributed by atoms with Crippen molar-refractivity contribution in [2.24, 2.45) is 0 Å². The van der Waals surface area contributed by atoms with Crippen LogP contribution in [0.3, 0.4) is 0 Å². The number of imidazole rings is 1. The Balaban J connectivity index is 1.24. The number of benzene rings is 1. The summed E-state index contributed by atoms with van der Waals surface area (Å²) in [6.45, 7) is 0.473. The number of nitrogens with one attached hydrogen (secondary N) is 2. The summed E-state index contributed by atoms with van der Waals surface area (Å²) in [5, 5.41) is 9.57. The molecule has 3 heterocycles. The third-order valence-electron chi connectivity index (χ3n) is 4.17. The minimum absolute atomic E-state index is 0.0689. The van der Waals surface area contributed by atoms with Gasteiger partial charge in [0.05, 0.1) is 10.6 Å². The molecule has 142 valence electrons. The largest absolute Gasteiger partial charge is 0.351 e. The van der Waals surface area contributed by atoms with Gasteiger partial charge in [0.15, 0.2) is 4.96 Å². The highest BCUT2D eigenvalue weighted by Gasteiger charge is 2.08. The lowest BCUT2D eigenvalue weighted by Gasteiger charge is -2.07. The molecule has 0 unspecified atom stereocenters. The molecule has 2 N–H and O–H groups in total. The van der Waals surface area contributed by atoms with Crippen molar-refractivity contribution >= 4 is 45.1 Å². The second-order valence-electron chi connectivity index (χ2n) is 6.18. The van der Waals surface area contributed by atoms with E-state index >= 15 is 0 Å². The average Bonchev–Trinajstić information content (AvgIpc) is 3.42. The summed E-state index contributed by atoms with van der Waals surface area (Å²) in [5.41, 5.74) is 2.66. The summed E-state index contributed by atoms with van der Waals surface area (Å²) >= 11 is 3.00. The molecule has 0 saturated heterocycles. The van der Waals surface area contributed by atoms with E-state index in [-0.39, 0.29) is 11.8 Å². The standard InChI is InChI=1S/C20H18N4O2S2/c25-18(4-1-9-21-19(26)17-3-2-11-27-17)22-15-7-5-14(6-8-15)16-13-24-10-12-28-20(24)23-16/h2-3,5-8,10-13H,1,4,9H2,(H,21,26)(H,22,25). The number of thiazole rings is 1. The van der Waals surface area contributed by atoms with Crippen molar-refractivity contribution in [2.75, 3.05) is 11.9 Å². The van der Waals surface area contributed by atoms with E-state index in [0.717, 1.165) is 21.9 Å². The van der Waals surface area contributed by atoms with Crippen molar-refractivity contribution in [3.8, 4) is 11.3 Å². The monoisotopic (exact) mass is 410 g/mol. The SMILES string of the molecule is O=C(CCCNC(=O)c1cccs1)Nc1ccc(-c2cn3ccsc3n2)cc1. The van der Waals surface area contributed by atoms with Crippen LogP contribution in [0.25, 0.3) is 16.2 Å². The van der Waals surface area contributed by atoms with Crippen LogP contribution < -0.4 is 10.6 Å². The van der Waals surface area contributed by atoms with Crippen molar-refractivity contribution < 1.29 is 9.59 Å². The average molecular weight is 411 g/mol. The first-order chi connectivity index (χ1) is 13.7. The number of nitrogens with zero attached hydrogens (tertiary/aromatic N) is 2. The van der Waals surface area contributed by atoms with E-state index in [2.05, 4.69) is 15.6 Å². The van der Waals surface area contributed by atoms with Crippen LogP contribution in [0.2, 0.25) is 0 Å². The third kappa shape index (κ3) is 4.29. The predicted molar refractivity (Wildman–Crippen MR) is 113 cm³/mol. The van der Waals surface area contributed by atoms with Crippen LogP contribution in [-0.2, 0) is 4.79 Å². The zero-order valence-electron chi connectivity index (χ0n) is 14.9. The molecule has 6 nitrogen and oxygen atoms in total. The van der Waals surface area contributed by atoms with Crippen molar-refractivity contribution in [1.82, 2.24) is 14.7 Å². The molecule has 0 bridgehead atoms. The van der Waals surface area contributed by atoms with Crippen LogP contribution >= 0.6 is 22.7 Å². The van der Waals surface area contributed by atoms with Crippen LogP contribution in [0.15, 0.2) is 59.6 Å². The highest BCUT2D eigenvalue weighted by Crippen LogP contribution is 2.23. The number of thiophene rings is 1. The number of aromatic nitrogens is 2. The molecule has 0 spiro atoms. The highest BCUT2D eigenvalue weighted by molar-refractivity contribution is 7.15. The van der Waals surface area contributed by atoms with Crippen molar-refractivity contribution in [2.45, 2.75) is 12.8 Å². The lowest BCUT2D eigenvalue weighted by Crippen LogP contribution is -2.24. The van der Waals surface area contributed by atoms with Gasteiger partial charge in [-0.05, 0) is 30.0 Å². The second kappa shape index (κ2) is 8.37. The summed E-state index contributed by atoms with van der Waals surface area (Å²) in [6.07, 6.45) is 4.91. The van der Waals surface area contributed by atoms with E-state index in [9.17, 15) is 9.59 Å². The normalized spacial score (nSPS) is 10.9. The van der Waals surface area contributed by atoms with E-state index in [1.165, 1.54) is 11.3 Å². The zero-order chi connectivity index (χ0) is 19.3. The first-order valence-corrected chi connectivity index (χ1v) is 10.6. The Labute approximate surface area is 169 Å². The molecule has 0 aliphatic rings. The van der Waals surface area contributed by atoms with Gasteiger partial charge >= 0.3 is 0 Å². The van der Waals surface area contributed by atoms with E-state index < -0.39 is 0 Å². The van der Waals surface area contributed by atoms with Crippen LogP contribution in [0, 0.1) is 0 Å². The van der Waals surface area contributed by atoms with Gasteiger partial charge in [-0.25, -0.2) is 4.98 Å². The summed E-state index contributed by atoms with van der Waals surface area (Å²) in [6, 6.07) is 11.3. The van der Waals surface area contributed by atoms with Crippen molar-refractivity contribution in [3.63, 3.8) is 0 Å². The Morgan fingerprint density at radius 2 is 1.93 bits per heavy atom. The zero-order valence-corrected chi connectivity index (χ0v) is 16.6. The van der Waals surface area contributed by atoms with Gasteiger partial charge in [0.2, 0.25) is 5.91 Å². The molecule has 0 saturated carbocycles. The quantitative estimate of drug-likeness (QED) is 0.447. The Bertz CT molecular complexity index is 1050. The maximum absolute atomic E-state index is 12.1. The molecular formula is C20H18N4O2S2. The molecule has 0 fully saturated rings. The molecule has 0 atom stereocenters. The lowest BCUT2D eigenvalue weighted by molar-refractivity contribution is -0.116. The smallest absolute Gasteiger partial charge is 0.261 e. The maximum atomic E-state index is 12.1. The fraction of sp³-hybridized carbons (Fsp3) is 0.150. The Kier molecular flexibility index (Phi) is 5.50. The summed E-state index contributed by atoms with van der Waals surface area (Å²) < 4.78 is 1.99. The van der Waals surface area contributed by atoms with Gasteiger partial charge in [-0.1, -0.05) is 18.2 Å². The molecule has 4 rings (SSSR count). The Morgan fingerprint density at radius 1 is 1.07 bits per heavy atom. The number of hydrogen-bond donors (Lipinski definition) is 2. The van der Waals surface area contributed by atoms with Crippen molar-refractivity contribution in [1.29, 1.82) is 0 Å². The molecule has 3 aromatic heterocycles.